The standard InChI is InChI=1S/C16H18N4O4/c1-4-7-19-15(21)13-14(18-9-17-13)20(16(19)22)10-5-6-11(23-2)12(8-10)24-3/h5-6,8-9H,4,7H2,1-3H3,(H,17,18). The van der Waals surface area contributed by atoms with E-state index in [1.807, 2.05) is 6.92 Å². The Bertz CT molecular complexity index is 999. The monoisotopic (exact) mass is 330 g/mol. The third-order valence-corrected chi connectivity index (χ3v) is 3.78. The van der Waals surface area contributed by atoms with Crippen molar-refractivity contribution in [2.75, 3.05) is 14.2 Å². The van der Waals surface area contributed by atoms with Gasteiger partial charge in [0.2, 0.25) is 0 Å². The number of fused-ring (bicyclic) bond motifs is 1. The van der Waals surface area contributed by atoms with Crippen LogP contribution in [0.2, 0.25) is 0 Å². The SMILES string of the molecule is CCCn1c(=O)c2[nH]cnc2n(-c2ccc(OC)c(OC)c2)c1=O. The lowest BCUT2D eigenvalue weighted by Gasteiger charge is -2.13. The lowest BCUT2D eigenvalue weighted by Crippen LogP contribution is -2.39. The molecule has 0 aliphatic rings. The number of nitrogens with one attached hydrogen (secondary N) is 1. The Morgan fingerprint density at radius 2 is 1.92 bits per heavy atom. The second-order valence-electron chi connectivity index (χ2n) is 5.22. The highest BCUT2D eigenvalue weighted by Gasteiger charge is 2.17. The van der Waals surface area contributed by atoms with Crippen molar-refractivity contribution in [3.63, 3.8) is 0 Å². The van der Waals surface area contributed by atoms with Crippen LogP contribution in [0.15, 0.2) is 34.1 Å². The lowest BCUT2D eigenvalue weighted by molar-refractivity contribution is 0.355. The maximum Gasteiger partial charge on any atom is 0.337 e. The predicted molar refractivity (Wildman–Crippen MR) is 89.3 cm³/mol. The molecule has 0 fully saturated rings. The van der Waals surface area contributed by atoms with Gasteiger partial charge < -0.3 is 14.5 Å². The maximum atomic E-state index is 12.8. The summed E-state index contributed by atoms with van der Waals surface area (Å²) in [5, 5.41) is 0. The van der Waals surface area contributed by atoms with Crippen LogP contribution in [0, 0.1) is 0 Å². The number of nitrogens with zero attached hydrogens (tertiary/aromatic N) is 3. The third-order valence-electron chi connectivity index (χ3n) is 3.78. The summed E-state index contributed by atoms with van der Waals surface area (Å²) < 4.78 is 13.1. The van der Waals surface area contributed by atoms with Gasteiger partial charge in [-0.15, -0.1) is 0 Å². The molecule has 3 aromatic rings. The summed E-state index contributed by atoms with van der Waals surface area (Å²) in [4.78, 5) is 32.2. The van der Waals surface area contributed by atoms with Gasteiger partial charge >= 0.3 is 5.69 Å². The third kappa shape index (κ3) is 2.36. The minimum atomic E-state index is -0.436. The van der Waals surface area contributed by atoms with Crippen molar-refractivity contribution in [1.82, 2.24) is 19.1 Å². The molecule has 0 amide bonds. The van der Waals surface area contributed by atoms with Gasteiger partial charge in [-0.2, -0.15) is 0 Å². The van der Waals surface area contributed by atoms with E-state index in [9.17, 15) is 9.59 Å². The molecule has 8 nitrogen and oxygen atoms in total. The van der Waals surface area contributed by atoms with Gasteiger partial charge in [0.15, 0.2) is 17.1 Å². The molecule has 8 heteroatoms. The predicted octanol–water partition coefficient (Wildman–Crippen LogP) is 1.30. The molecule has 0 atom stereocenters. The van der Waals surface area contributed by atoms with Gasteiger partial charge in [-0.1, -0.05) is 6.92 Å². The fourth-order valence-corrected chi connectivity index (χ4v) is 2.66. The summed E-state index contributed by atoms with van der Waals surface area (Å²) in [5.41, 5.74) is 0.307. The summed E-state index contributed by atoms with van der Waals surface area (Å²) >= 11 is 0. The van der Waals surface area contributed by atoms with Crippen molar-refractivity contribution in [3.8, 4) is 17.2 Å². The van der Waals surface area contributed by atoms with Crippen LogP contribution >= 0.6 is 0 Å². The van der Waals surface area contributed by atoms with Gasteiger partial charge in [0.05, 0.1) is 26.2 Å². The first-order valence-electron chi connectivity index (χ1n) is 7.53. The summed E-state index contributed by atoms with van der Waals surface area (Å²) in [7, 11) is 3.06. The largest absolute Gasteiger partial charge is 0.493 e. The van der Waals surface area contributed by atoms with E-state index in [-0.39, 0.29) is 16.7 Å². The molecule has 0 aliphatic carbocycles. The molecular weight excluding hydrogens is 312 g/mol. The maximum absolute atomic E-state index is 12.8. The molecule has 0 unspecified atom stereocenters. The molecular formula is C16H18N4O4. The van der Waals surface area contributed by atoms with Crippen molar-refractivity contribution < 1.29 is 9.47 Å². The smallest absolute Gasteiger partial charge is 0.337 e. The molecule has 126 valence electrons. The summed E-state index contributed by atoms with van der Waals surface area (Å²) in [5.74, 6) is 1.04. The number of rotatable bonds is 5. The zero-order valence-electron chi connectivity index (χ0n) is 13.7. The minimum Gasteiger partial charge on any atom is -0.493 e. The molecule has 0 spiro atoms. The lowest BCUT2D eigenvalue weighted by atomic mass is 10.2. The van der Waals surface area contributed by atoms with Gasteiger partial charge in [-0.25, -0.2) is 14.3 Å². The molecule has 0 saturated heterocycles. The van der Waals surface area contributed by atoms with Crippen LogP contribution in [0.4, 0.5) is 0 Å². The first-order valence-corrected chi connectivity index (χ1v) is 7.53. The molecule has 0 radical (unpaired) electrons. The Kier molecular flexibility index (Phi) is 4.11. The number of methoxy groups -OCH3 is 2. The Morgan fingerprint density at radius 3 is 2.58 bits per heavy atom. The van der Waals surface area contributed by atoms with E-state index in [4.69, 9.17) is 9.47 Å². The van der Waals surface area contributed by atoms with E-state index >= 15 is 0 Å². The number of imidazole rings is 1. The molecule has 0 bridgehead atoms. The average Bonchev–Trinajstić information content (AvgIpc) is 3.08. The van der Waals surface area contributed by atoms with Crippen molar-refractivity contribution in [3.05, 3.63) is 45.4 Å². The fourth-order valence-electron chi connectivity index (χ4n) is 2.66. The Labute approximate surface area is 137 Å². The van der Waals surface area contributed by atoms with Gasteiger partial charge in [0.1, 0.15) is 5.52 Å². The summed E-state index contributed by atoms with van der Waals surface area (Å²) in [6.45, 7) is 2.24. The highest BCUT2D eigenvalue weighted by molar-refractivity contribution is 5.71. The van der Waals surface area contributed by atoms with Crippen LogP contribution in [-0.4, -0.2) is 33.3 Å². The quantitative estimate of drug-likeness (QED) is 0.761. The van der Waals surface area contributed by atoms with Crippen molar-refractivity contribution >= 4 is 11.2 Å². The zero-order valence-corrected chi connectivity index (χ0v) is 13.7. The number of ether oxygens (including phenoxy) is 2. The van der Waals surface area contributed by atoms with E-state index in [0.717, 1.165) is 0 Å². The normalized spacial score (nSPS) is 11.0. The van der Waals surface area contributed by atoms with Crippen LogP contribution in [0.5, 0.6) is 11.5 Å². The number of hydrogen-bond acceptors (Lipinski definition) is 5. The molecule has 1 N–H and O–H groups in total. The zero-order chi connectivity index (χ0) is 17.3. The number of benzene rings is 1. The molecule has 3 rings (SSSR count). The van der Waals surface area contributed by atoms with Crippen LogP contribution < -0.4 is 20.7 Å². The molecule has 1 aromatic carbocycles. The molecule has 2 aromatic heterocycles. The van der Waals surface area contributed by atoms with E-state index in [0.29, 0.717) is 30.2 Å². The highest BCUT2D eigenvalue weighted by atomic mass is 16.5. The van der Waals surface area contributed by atoms with Crippen LogP contribution in [0.25, 0.3) is 16.9 Å². The van der Waals surface area contributed by atoms with Gasteiger partial charge in [-0.3, -0.25) is 9.36 Å². The molecule has 24 heavy (non-hydrogen) atoms. The van der Waals surface area contributed by atoms with Crippen molar-refractivity contribution in [1.29, 1.82) is 0 Å². The summed E-state index contributed by atoms with van der Waals surface area (Å²) in [6, 6.07) is 5.10. The molecule has 0 aliphatic heterocycles. The first-order chi connectivity index (χ1) is 11.6. The molecule has 2 heterocycles. The van der Waals surface area contributed by atoms with E-state index in [2.05, 4.69) is 9.97 Å². The fraction of sp³-hybridized carbons (Fsp3) is 0.312. The number of hydrogen-bond donors (Lipinski definition) is 1. The first kappa shape index (κ1) is 15.9. The number of H-pyrrole nitrogens is 1. The Hall–Kier alpha value is -3.03. The van der Waals surface area contributed by atoms with Crippen molar-refractivity contribution in [2.24, 2.45) is 0 Å². The van der Waals surface area contributed by atoms with Crippen molar-refractivity contribution in [2.45, 2.75) is 19.9 Å². The minimum absolute atomic E-state index is 0.282. The van der Waals surface area contributed by atoms with Crippen LogP contribution in [0.1, 0.15) is 13.3 Å². The number of aromatic nitrogens is 4. The molecule has 0 saturated carbocycles. The average molecular weight is 330 g/mol. The van der Waals surface area contributed by atoms with Gasteiger partial charge in [-0.05, 0) is 18.6 Å². The Morgan fingerprint density at radius 1 is 1.17 bits per heavy atom. The van der Waals surface area contributed by atoms with Crippen LogP contribution in [-0.2, 0) is 6.54 Å². The van der Waals surface area contributed by atoms with E-state index in [1.165, 1.54) is 29.7 Å². The second kappa shape index (κ2) is 6.23. The second-order valence-corrected chi connectivity index (χ2v) is 5.22. The van der Waals surface area contributed by atoms with E-state index < -0.39 is 5.69 Å². The highest BCUT2D eigenvalue weighted by Crippen LogP contribution is 2.29. The Balaban J connectivity index is 2.36. The van der Waals surface area contributed by atoms with E-state index in [1.54, 1.807) is 18.2 Å². The number of aromatic amines is 1. The van der Waals surface area contributed by atoms with Gasteiger partial charge in [0, 0.05) is 12.6 Å². The van der Waals surface area contributed by atoms with Gasteiger partial charge in [0.25, 0.3) is 5.56 Å². The summed E-state index contributed by atoms with van der Waals surface area (Å²) in [6.07, 6.45) is 2.07. The van der Waals surface area contributed by atoms with Crippen LogP contribution in [0.3, 0.4) is 0 Å². The topological polar surface area (TPSA) is 91.1 Å².